The first kappa shape index (κ1) is 13.8. The van der Waals surface area contributed by atoms with Crippen LogP contribution in [0.1, 0.15) is 41.0 Å². The molecular weight excluding hydrogens is 186 g/mol. The Morgan fingerprint density at radius 2 is 1.71 bits per heavy atom. The molecule has 0 aromatic rings. The molecule has 14 heavy (non-hydrogen) atoms. The molecule has 0 saturated heterocycles. The minimum atomic E-state index is -0.691. The van der Waals surface area contributed by atoms with Gasteiger partial charge in [-0.2, -0.15) is 0 Å². The fourth-order valence-corrected chi connectivity index (χ4v) is 3.81. The van der Waals surface area contributed by atoms with E-state index < -0.39 is 8.80 Å². The van der Waals surface area contributed by atoms with Crippen LogP contribution in [0, 0.1) is 0 Å². The molecule has 2 heteroatoms. The van der Waals surface area contributed by atoms with Gasteiger partial charge in [0.15, 0.2) is 0 Å². The zero-order valence-corrected chi connectivity index (χ0v) is 12.2. The van der Waals surface area contributed by atoms with Gasteiger partial charge < -0.3 is 4.90 Å². The van der Waals surface area contributed by atoms with E-state index in [-0.39, 0.29) is 5.54 Å². The lowest BCUT2D eigenvalue weighted by Crippen LogP contribution is -2.43. The summed E-state index contributed by atoms with van der Waals surface area (Å²) in [5, 5.41) is 1.63. The summed E-state index contributed by atoms with van der Waals surface area (Å²) in [6, 6.07) is 0. The lowest BCUT2D eigenvalue weighted by Gasteiger charge is -2.40. The Labute approximate surface area is 91.8 Å². The van der Waals surface area contributed by atoms with Gasteiger partial charge in [-0.1, -0.05) is 26.1 Å². The second-order valence-electron chi connectivity index (χ2n) is 5.11. The van der Waals surface area contributed by atoms with E-state index in [1.807, 2.05) is 0 Å². The molecule has 0 rings (SSSR count). The Kier molecular flexibility index (Phi) is 5.50. The summed E-state index contributed by atoms with van der Waals surface area (Å²) in [4.78, 5) is 2.56. The average Bonchev–Trinajstić information content (AvgIpc) is 2.01. The molecule has 0 aromatic carbocycles. The standard InChI is InChI=1S/C12H27NSi/c1-8-10-11(14(6)7)13(9-2)12(3,4)5/h10,14H,8-9H2,1-7H3. The molecule has 0 saturated carbocycles. The normalized spacial score (nSPS) is 13.6. The maximum Gasteiger partial charge on any atom is 0.0847 e. The van der Waals surface area contributed by atoms with Crippen molar-refractivity contribution >= 4 is 8.80 Å². The zero-order valence-electron chi connectivity index (χ0n) is 11.0. The molecule has 1 nitrogen and oxygen atoms in total. The number of nitrogens with zero attached hydrogens (tertiary/aromatic N) is 1. The smallest absolute Gasteiger partial charge is 0.0847 e. The number of hydrogen-bond acceptors (Lipinski definition) is 1. The quantitative estimate of drug-likeness (QED) is 0.647. The molecule has 0 radical (unpaired) electrons. The Hall–Kier alpha value is -0.243. The summed E-state index contributed by atoms with van der Waals surface area (Å²) >= 11 is 0. The molecule has 0 heterocycles. The van der Waals surface area contributed by atoms with E-state index in [9.17, 15) is 0 Å². The molecule has 0 unspecified atom stereocenters. The SMILES string of the molecule is CCC=C(N(CC)C(C)(C)C)[SiH](C)C. The van der Waals surface area contributed by atoms with Gasteiger partial charge in [-0.05, 0) is 39.4 Å². The average molecular weight is 213 g/mol. The Bertz CT molecular complexity index is 189. The van der Waals surface area contributed by atoms with Crippen molar-refractivity contribution in [1.82, 2.24) is 4.90 Å². The second kappa shape index (κ2) is 5.59. The maximum atomic E-state index is 2.56. The third kappa shape index (κ3) is 3.87. The van der Waals surface area contributed by atoms with Crippen LogP contribution in [0.4, 0.5) is 0 Å². The van der Waals surface area contributed by atoms with Crippen molar-refractivity contribution in [2.24, 2.45) is 0 Å². The summed E-state index contributed by atoms with van der Waals surface area (Å²) in [5.74, 6) is 0. The third-order valence-corrected chi connectivity index (χ3v) is 4.17. The van der Waals surface area contributed by atoms with Crippen LogP contribution in [0.3, 0.4) is 0 Å². The van der Waals surface area contributed by atoms with E-state index in [1.54, 1.807) is 5.32 Å². The largest absolute Gasteiger partial charge is 0.375 e. The fraction of sp³-hybridized carbons (Fsp3) is 0.833. The predicted octanol–water partition coefficient (Wildman–Crippen LogP) is 3.43. The van der Waals surface area contributed by atoms with E-state index in [2.05, 4.69) is 58.7 Å². The third-order valence-electron chi connectivity index (χ3n) is 2.44. The number of hydrogen-bond donors (Lipinski definition) is 0. The highest BCUT2D eigenvalue weighted by Gasteiger charge is 2.23. The number of allylic oxidation sites excluding steroid dienone is 1. The fourth-order valence-electron chi connectivity index (χ4n) is 1.91. The van der Waals surface area contributed by atoms with Crippen molar-refractivity contribution < 1.29 is 0 Å². The van der Waals surface area contributed by atoms with Crippen LogP contribution in [-0.4, -0.2) is 25.8 Å². The van der Waals surface area contributed by atoms with Crippen LogP contribution in [0.5, 0.6) is 0 Å². The second-order valence-corrected chi connectivity index (χ2v) is 8.01. The van der Waals surface area contributed by atoms with Gasteiger partial charge in [0.05, 0.1) is 8.80 Å². The summed E-state index contributed by atoms with van der Waals surface area (Å²) in [5.41, 5.74) is 0.271. The highest BCUT2D eigenvalue weighted by atomic mass is 28.3. The van der Waals surface area contributed by atoms with Gasteiger partial charge in [-0.3, -0.25) is 0 Å². The Morgan fingerprint density at radius 1 is 1.21 bits per heavy atom. The molecule has 0 aliphatic rings. The van der Waals surface area contributed by atoms with Gasteiger partial charge in [0, 0.05) is 12.1 Å². The van der Waals surface area contributed by atoms with Crippen LogP contribution in [0.15, 0.2) is 11.4 Å². The molecule has 0 amide bonds. The Morgan fingerprint density at radius 3 is 1.93 bits per heavy atom. The predicted molar refractivity (Wildman–Crippen MR) is 69.4 cm³/mol. The monoisotopic (exact) mass is 213 g/mol. The van der Waals surface area contributed by atoms with Gasteiger partial charge in [0.1, 0.15) is 0 Å². The van der Waals surface area contributed by atoms with Crippen LogP contribution in [-0.2, 0) is 0 Å². The van der Waals surface area contributed by atoms with E-state index in [0.717, 1.165) is 13.0 Å². The first-order valence-corrected chi connectivity index (χ1v) is 8.70. The Balaban J connectivity index is 4.87. The van der Waals surface area contributed by atoms with E-state index in [1.165, 1.54) is 0 Å². The van der Waals surface area contributed by atoms with E-state index >= 15 is 0 Å². The van der Waals surface area contributed by atoms with Gasteiger partial charge in [0.25, 0.3) is 0 Å². The first-order chi connectivity index (χ1) is 6.34. The van der Waals surface area contributed by atoms with Crippen LogP contribution < -0.4 is 0 Å². The molecule has 0 bridgehead atoms. The van der Waals surface area contributed by atoms with Crippen LogP contribution in [0.2, 0.25) is 13.1 Å². The molecule has 0 atom stereocenters. The van der Waals surface area contributed by atoms with Gasteiger partial charge in [-0.15, -0.1) is 0 Å². The molecule has 0 aromatic heterocycles. The van der Waals surface area contributed by atoms with Crippen molar-refractivity contribution in [3.05, 3.63) is 11.4 Å². The summed E-state index contributed by atoms with van der Waals surface area (Å²) in [6.45, 7) is 17.3. The highest BCUT2D eigenvalue weighted by molar-refractivity contribution is 6.63. The van der Waals surface area contributed by atoms with E-state index in [0.29, 0.717) is 0 Å². The van der Waals surface area contributed by atoms with Crippen LogP contribution >= 0.6 is 0 Å². The van der Waals surface area contributed by atoms with Crippen molar-refractivity contribution in [3.63, 3.8) is 0 Å². The van der Waals surface area contributed by atoms with Crippen molar-refractivity contribution in [3.8, 4) is 0 Å². The molecule has 0 N–H and O–H groups in total. The molecule has 84 valence electrons. The maximum absolute atomic E-state index is 2.56. The molecule has 0 fully saturated rings. The zero-order chi connectivity index (χ0) is 11.4. The van der Waals surface area contributed by atoms with Crippen molar-refractivity contribution in [2.75, 3.05) is 6.54 Å². The van der Waals surface area contributed by atoms with Crippen LogP contribution in [0.25, 0.3) is 0 Å². The highest BCUT2D eigenvalue weighted by Crippen LogP contribution is 2.21. The molecule has 0 aliphatic heterocycles. The summed E-state index contributed by atoms with van der Waals surface area (Å²) < 4.78 is 0. The minimum absolute atomic E-state index is 0.271. The van der Waals surface area contributed by atoms with E-state index in [4.69, 9.17) is 0 Å². The summed E-state index contributed by atoms with van der Waals surface area (Å²) in [6.07, 6.45) is 3.58. The van der Waals surface area contributed by atoms with Gasteiger partial charge in [-0.25, -0.2) is 0 Å². The lowest BCUT2D eigenvalue weighted by atomic mass is 10.1. The molecule has 0 aliphatic carbocycles. The summed E-state index contributed by atoms with van der Waals surface area (Å²) in [7, 11) is -0.691. The van der Waals surface area contributed by atoms with Gasteiger partial charge >= 0.3 is 0 Å². The van der Waals surface area contributed by atoms with Crippen molar-refractivity contribution in [2.45, 2.75) is 59.7 Å². The van der Waals surface area contributed by atoms with Crippen molar-refractivity contribution in [1.29, 1.82) is 0 Å². The lowest BCUT2D eigenvalue weighted by molar-refractivity contribution is 0.206. The topological polar surface area (TPSA) is 3.24 Å². The van der Waals surface area contributed by atoms with Gasteiger partial charge in [0.2, 0.25) is 0 Å². The molecule has 0 spiro atoms. The molecular formula is C12H27NSi. The number of rotatable bonds is 4. The minimum Gasteiger partial charge on any atom is -0.375 e. The first-order valence-electron chi connectivity index (χ1n) is 5.82.